The topological polar surface area (TPSA) is 38.1 Å². The van der Waals surface area contributed by atoms with E-state index >= 15 is 0 Å². The summed E-state index contributed by atoms with van der Waals surface area (Å²) in [4.78, 5) is 15.6. The predicted molar refractivity (Wildman–Crippen MR) is 96.0 cm³/mol. The molecule has 0 radical (unpaired) electrons. The molecule has 3 aromatic rings. The van der Waals surface area contributed by atoms with Crippen LogP contribution in [0.3, 0.4) is 0 Å². The van der Waals surface area contributed by atoms with Crippen molar-refractivity contribution in [1.82, 2.24) is 9.78 Å². The summed E-state index contributed by atoms with van der Waals surface area (Å²) < 4.78 is 1.37. The summed E-state index contributed by atoms with van der Waals surface area (Å²) in [5.74, 6) is -0.133. The van der Waals surface area contributed by atoms with Gasteiger partial charge in [0.2, 0.25) is 0 Å². The molecule has 2 aromatic heterocycles. The van der Waals surface area contributed by atoms with Gasteiger partial charge in [-0.2, -0.15) is 5.10 Å². The van der Waals surface area contributed by atoms with Crippen LogP contribution in [0.5, 0.6) is 0 Å². The van der Waals surface area contributed by atoms with E-state index in [0.29, 0.717) is 5.56 Å². The molecule has 0 spiro atoms. The van der Waals surface area contributed by atoms with E-state index in [0.717, 1.165) is 16.3 Å². The number of anilines is 1. The zero-order valence-corrected chi connectivity index (χ0v) is 13.8. The molecule has 1 aromatic carbocycles. The van der Waals surface area contributed by atoms with Crippen LogP contribution in [-0.4, -0.2) is 29.8 Å². The molecule has 0 aliphatic rings. The van der Waals surface area contributed by atoms with Gasteiger partial charge in [0.15, 0.2) is 0 Å². The van der Waals surface area contributed by atoms with Crippen LogP contribution in [0, 0.1) is 0 Å². The van der Waals surface area contributed by atoms with Gasteiger partial charge in [0.1, 0.15) is 0 Å². The summed E-state index contributed by atoms with van der Waals surface area (Å²) in [6, 6.07) is 13.4. The number of carbonyl (C=O) groups excluding carboxylic acids is 1. The molecule has 0 saturated heterocycles. The monoisotopic (exact) mass is 323 g/mol. The van der Waals surface area contributed by atoms with Gasteiger partial charge in [-0.3, -0.25) is 4.79 Å². The van der Waals surface area contributed by atoms with E-state index in [1.54, 1.807) is 17.5 Å². The van der Waals surface area contributed by atoms with Gasteiger partial charge >= 0.3 is 0 Å². The van der Waals surface area contributed by atoms with E-state index in [4.69, 9.17) is 0 Å². The van der Waals surface area contributed by atoms with Crippen molar-refractivity contribution in [3.63, 3.8) is 0 Å². The minimum atomic E-state index is -0.133. The molecule has 0 aliphatic heterocycles. The van der Waals surface area contributed by atoms with Crippen molar-refractivity contribution >= 4 is 35.1 Å². The van der Waals surface area contributed by atoms with Crippen molar-refractivity contribution in [2.24, 2.45) is 0 Å². The van der Waals surface area contributed by atoms with Gasteiger partial charge in [0.05, 0.1) is 5.69 Å². The Kier molecular flexibility index (Phi) is 4.39. The average molecular weight is 323 g/mol. The van der Waals surface area contributed by atoms with Crippen molar-refractivity contribution in [3.8, 4) is 0 Å². The van der Waals surface area contributed by atoms with Crippen LogP contribution in [0.4, 0.5) is 5.69 Å². The highest BCUT2D eigenvalue weighted by atomic mass is 32.1. The smallest absolute Gasteiger partial charge is 0.278 e. The average Bonchev–Trinajstić information content (AvgIpc) is 3.24. The van der Waals surface area contributed by atoms with E-state index in [2.05, 4.69) is 5.10 Å². The SMILES string of the molecule is CN(C)c1ccc(C(=O)n2ccc(C=Cc3cccs3)n2)cc1. The van der Waals surface area contributed by atoms with Crippen molar-refractivity contribution in [3.05, 3.63) is 70.2 Å². The molecule has 116 valence electrons. The molecule has 0 saturated carbocycles. The van der Waals surface area contributed by atoms with Crippen molar-refractivity contribution in [1.29, 1.82) is 0 Å². The first-order valence-electron chi connectivity index (χ1n) is 7.23. The van der Waals surface area contributed by atoms with Crippen molar-refractivity contribution < 1.29 is 4.79 Å². The molecule has 0 unspecified atom stereocenters. The highest BCUT2D eigenvalue weighted by Crippen LogP contribution is 2.14. The molecular formula is C18H17N3OS. The minimum absolute atomic E-state index is 0.133. The fraction of sp³-hybridized carbons (Fsp3) is 0.111. The molecular weight excluding hydrogens is 306 g/mol. The lowest BCUT2D eigenvalue weighted by atomic mass is 10.2. The number of carbonyl (C=O) groups is 1. The predicted octanol–water partition coefficient (Wildman–Crippen LogP) is 3.87. The van der Waals surface area contributed by atoms with Crippen LogP contribution < -0.4 is 4.90 Å². The highest BCUT2D eigenvalue weighted by molar-refractivity contribution is 7.10. The highest BCUT2D eigenvalue weighted by Gasteiger charge is 2.09. The summed E-state index contributed by atoms with van der Waals surface area (Å²) in [5.41, 5.74) is 2.44. The van der Waals surface area contributed by atoms with Crippen LogP contribution in [0.2, 0.25) is 0 Å². The van der Waals surface area contributed by atoms with E-state index in [-0.39, 0.29) is 5.91 Å². The fourth-order valence-electron chi connectivity index (χ4n) is 2.13. The maximum atomic E-state index is 12.4. The molecule has 4 nitrogen and oxygen atoms in total. The number of thiophene rings is 1. The Hall–Kier alpha value is -2.66. The summed E-state index contributed by atoms with van der Waals surface area (Å²) in [6.07, 6.45) is 5.59. The van der Waals surface area contributed by atoms with E-state index < -0.39 is 0 Å². The van der Waals surface area contributed by atoms with Gasteiger partial charge < -0.3 is 4.90 Å². The number of hydrogen-bond acceptors (Lipinski definition) is 4. The third kappa shape index (κ3) is 3.57. The van der Waals surface area contributed by atoms with Gasteiger partial charge in [-0.15, -0.1) is 11.3 Å². The number of benzene rings is 1. The maximum Gasteiger partial charge on any atom is 0.278 e. The van der Waals surface area contributed by atoms with Gasteiger partial charge in [-0.25, -0.2) is 4.68 Å². The second-order valence-corrected chi connectivity index (χ2v) is 6.26. The second-order valence-electron chi connectivity index (χ2n) is 5.28. The first-order chi connectivity index (χ1) is 11.1. The van der Waals surface area contributed by atoms with Crippen LogP contribution in [-0.2, 0) is 0 Å². The molecule has 0 N–H and O–H groups in total. The van der Waals surface area contributed by atoms with Crippen LogP contribution in [0.15, 0.2) is 54.0 Å². The van der Waals surface area contributed by atoms with Crippen LogP contribution in [0.25, 0.3) is 12.2 Å². The Morgan fingerprint density at radius 2 is 1.91 bits per heavy atom. The summed E-state index contributed by atoms with van der Waals surface area (Å²) in [7, 11) is 3.94. The number of aromatic nitrogens is 2. The second kappa shape index (κ2) is 6.62. The number of nitrogens with zero attached hydrogens (tertiary/aromatic N) is 3. The van der Waals surface area contributed by atoms with Crippen LogP contribution in [0.1, 0.15) is 20.9 Å². The standard InChI is InChI=1S/C18H17N3OS/c1-20(2)16-8-5-14(6-9-16)18(22)21-12-11-15(19-21)7-10-17-4-3-13-23-17/h3-13H,1-2H3. The van der Waals surface area contributed by atoms with Crippen molar-refractivity contribution in [2.45, 2.75) is 0 Å². The van der Waals surface area contributed by atoms with E-state index in [1.807, 2.05) is 79.0 Å². The van der Waals surface area contributed by atoms with E-state index in [9.17, 15) is 4.79 Å². The lowest BCUT2D eigenvalue weighted by Gasteiger charge is -2.12. The largest absolute Gasteiger partial charge is 0.378 e. The molecule has 0 atom stereocenters. The van der Waals surface area contributed by atoms with Crippen LogP contribution >= 0.6 is 11.3 Å². The van der Waals surface area contributed by atoms with Gasteiger partial charge in [-0.05, 0) is 53.9 Å². The molecule has 0 fully saturated rings. The molecule has 0 aliphatic carbocycles. The summed E-state index contributed by atoms with van der Waals surface area (Å²) in [6.45, 7) is 0. The number of rotatable bonds is 4. The van der Waals surface area contributed by atoms with Crippen molar-refractivity contribution in [2.75, 3.05) is 19.0 Å². The minimum Gasteiger partial charge on any atom is -0.378 e. The van der Waals surface area contributed by atoms with Gasteiger partial charge in [-0.1, -0.05) is 6.07 Å². The summed E-state index contributed by atoms with van der Waals surface area (Å²) in [5, 5.41) is 6.35. The molecule has 23 heavy (non-hydrogen) atoms. The third-order valence-electron chi connectivity index (χ3n) is 3.41. The Balaban J connectivity index is 1.75. The Morgan fingerprint density at radius 1 is 1.13 bits per heavy atom. The number of hydrogen-bond donors (Lipinski definition) is 0. The van der Waals surface area contributed by atoms with Gasteiger partial charge in [0, 0.05) is 36.4 Å². The van der Waals surface area contributed by atoms with E-state index in [1.165, 1.54) is 4.68 Å². The normalized spacial score (nSPS) is 11.0. The third-order valence-corrected chi connectivity index (χ3v) is 4.25. The van der Waals surface area contributed by atoms with Gasteiger partial charge in [0.25, 0.3) is 5.91 Å². The summed E-state index contributed by atoms with van der Waals surface area (Å²) >= 11 is 1.66. The quantitative estimate of drug-likeness (QED) is 0.731. The lowest BCUT2D eigenvalue weighted by molar-refractivity contribution is 0.0945. The lowest BCUT2D eigenvalue weighted by Crippen LogP contribution is -2.13. The molecule has 5 heteroatoms. The molecule has 3 rings (SSSR count). The fourth-order valence-corrected chi connectivity index (χ4v) is 2.75. The maximum absolute atomic E-state index is 12.4. The molecule has 0 bridgehead atoms. The first-order valence-corrected chi connectivity index (χ1v) is 8.11. The zero-order chi connectivity index (χ0) is 16.2. The first kappa shape index (κ1) is 15.2. The molecule has 0 amide bonds. The Morgan fingerprint density at radius 3 is 2.57 bits per heavy atom. The Labute approximate surface area is 139 Å². The Bertz CT molecular complexity index is 814. The zero-order valence-electron chi connectivity index (χ0n) is 13.0. The molecule has 2 heterocycles.